The average Bonchev–Trinajstić information content (AvgIpc) is 2.99. The van der Waals surface area contributed by atoms with Crippen molar-refractivity contribution in [1.29, 1.82) is 0 Å². The molecule has 1 fully saturated rings. The number of carbonyl (C=O) groups excluding carboxylic acids is 1. The maximum absolute atomic E-state index is 13.6. The molecule has 1 aromatic carbocycles. The van der Waals surface area contributed by atoms with Gasteiger partial charge in [-0.05, 0) is 37.9 Å². The number of piperidine rings is 1. The number of benzene rings is 1. The highest BCUT2D eigenvalue weighted by atomic mass is 19.1. The Labute approximate surface area is 133 Å². The summed E-state index contributed by atoms with van der Waals surface area (Å²) in [7, 11) is 0. The Hall–Kier alpha value is -2.28. The number of aromatic nitrogens is 2. The second-order valence-electron chi connectivity index (χ2n) is 5.86. The smallest absolute Gasteiger partial charge is 0.241 e. The van der Waals surface area contributed by atoms with Crippen LogP contribution in [0.15, 0.2) is 22.7 Å². The van der Waals surface area contributed by atoms with E-state index in [1.165, 1.54) is 6.07 Å². The number of hydrogen-bond acceptors (Lipinski definition) is 5. The van der Waals surface area contributed by atoms with Gasteiger partial charge in [0.1, 0.15) is 5.82 Å². The summed E-state index contributed by atoms with van der Waals surface area (Å²) < 4.78 is 18.9. The van der Waals surface area contributed by atoms with Gasteiger partial charge in [-0.15, -0.1) is 0 Å². The number of rotatable bonds is 4. The third kappa shape index (κ3) is 3.39. The van der Waals surface area contributed by atoms with Gasteiger partial charge in [-0.1, -0.05) is 23.7 Å². The van der Waals surface area contributed by atoms with Crippen LogP contribution in [0.1, 0.15) is 30.7 Å². The van der Waals surface area contributed by atoms with Crippen LogP contribution in [0.2, 0.25) is 0 Å². The Balaban J connectivity index is 1.76. The molecule has 1 aliphatic rings. The number of hydrogen-bond donors (Lipinski definition) is 1. The number of halogens is 1. The average molecular weight is 318 g/mol. The molecule has 1 unspecified atom stereocenters. The monoisotopic (exact) mass is 318 g/mol. The van der Waals surface area contributed by atoms with Crippen LogP contribution >= 0.6 is 0 Å². The van der Waals surface area contributed by atoms with Crippen molar-refractivity contribution < 1.29 is 13.7 Å². The van der Waals surface area contributed by atoms with Gasteiger partial charge in [-0.2, -0.15) is 4.98 Å². The third-order valence-electron chi connectivity index (χ3n) is 4.18. The molecule has 122 valence electrons. The van der Waals surface area contributed by atoms with Crippen LogP contribution in [-0.2, 0) is 11.3 Å². The van der Waals surface area contributed by atoms with Gasteiger partial charge < -0.3 is 10.3 Å². The van der Waals surface area contributed by atoms with Gasteiger partial charge in [0.15, 0.2) is 0 Å². The SMILES string of the molecule is Cc1ccc(-c2noc(CN3CCCCC3C(N)=O)n2)cc1F. The fourth-order valence-electron chi connectivity index (χ4n) is 2.84. The van der Waals surface area contributed by atoms with E-state index in [1.807, 2.05) is 4.90 Å². The lowest BCUT2D eigenvalue weighted by molar-refractivity contribution is -0.124. The van der Waals surface area contributed by atoms with E-state index in [4.69, 9.17) is 10.3 Å². The van der Waals surface area contributed by atoms with Crippen molar-refractivity contribution in [2.24, 2.45) is 5.73 Å². The molecule has 1 aliphatic heterocycles. The van der Waals surface area contributed by atoms with E-state index in [-0.39, 0.29) is 17.8 Å². The molecule has 2 heterocycles. The van der Waals surface area contributed by atoms with Gasteiger partial charge in [-0.25, -0.2) is 4.39 Å². The Bertz CT molecular complexity index is 716. The zero-order valence-electron chi connectivity index (χ0n) is 13.0. The number of carbonyl (C=O) groups is 1. The minimum Gasteiger partial charge on any atom is -0.368 e. The molecule has 6 nitrogen and oxygen atoms in total. The summed E-state index contributed by atoms with van der Waals surface area (Å²) >= 11 is 0. The Morgan fingerprint density at radius 3 is 3.04 bits per heavy atom. The van der Waals surface area contributed by atoms with Crippen LogP contribution in [0.25, 0.3) is 11.4 Å². The van der Waals surface area contributed by atoms with Crippen LogP contribution in [0.4, 0.5) is 4.39 Å². The number of nitrogens with zero attached hydrogens (tertiary/aromatic N) is 3. The zero-order valence-corrected chi connectivity index (χ0v) is 13.0. The van der Waals surface area contributed by atoms with Crippen molar-refractivity contribution in [3.8, 4) is 11.4 Å². The Morgan fingerprint density at radius 2 is 2.30 bits per heavy atom. The predicted molar refractivity (Wildman–Crippen MR) is 81.7 cm³/mol. The van der Waals surface area contributed by atoms with Gasteiger partial charge in [0.05, 0.1) is 12.6 Å². The van der Waals surface area contributed by atoms with Crippen molar-refractivity contribution in [1.82, 2.24) is 15.0 Å². The molecule has 1 atom stereocenters. The summed E-state index contributed by atoms with van der Waals surface area (Å²) in [5.41, 5.74) is 6.58. The van der Waals surface area contributed by atoms with Crippen LogP contribution in [-0.4, -0.2) is 33.5 Å². The first-order chi connectivity index (χ1) is 11.0. The molecule has 0 bridgehead atoms. The summed E-state index contributed by atoms with van der Waals surface area (Å²) in [6.45, 7) is 2.83. The summed E-state index contributed by atoms with van der Waals surface area (Å²) in [6, 6.07) is 4.52. The maximum atomic E-state index is 13.6. The molecule has 7 heteroatoms. The standard InChI is InChI=1S/C16H19FN4O2/c1-10-5-6-11(8-12(10)17)16-19-14(23-20-16)9-21-7-3-2-4-13(21)15(18)22/h5-6,8,13H,2-4,7,9H2,1H3,(H2,18,22). The second-order valence-corrected chi connectivity index (χ2v) is 5.86. The first-order valence-electron chi connectivity index (χ1n) is 7.67. The molecule has 1 aromatic heterocycles. The van der Waals surface area contributed by atoms with Crippen LogP contribution in [0, 0.1) is 12.7 Å². The third-order valence-corrected chi connectivity index (χ3v) is 4.18. The van der Waals surface area contributed by atoms with Crippen LogP contribution in [0.5, 0.6) is 0 Å². The molecule has 0 aliphatic carbocycles. The predicted octanol–water partition coefficient (Wildman–Crippen LogP) is 2.02. The van der Waals surface area contributed by atoms with E-state index < -0.39 is 0 Å². The molecule has 2 aromatic rings. The van der Waals surface area contributed by atoms with Crippen LogP contribution in [0.3, 0.4) is 0 Å². The fourth-order valence-corrected chi connectivity index (χ4v) is 2.84. The summed E-state index contributed by atoms with van der Waals surface area (Å²) in [5.74, 6) is 0.101. The molecular weight excluding hydrogens is 299 g/mol. The highest BCUT2D eigenvalue weighted by Crippen LogP contribution is 2.22. The Morgan fingerprint density at radius 1 is 1.48 bits per heavy atom. The minimum absolute atomic E-state index is 0.295. The second kappa shape index (κ2) is 6.45. The number of nitrogens with two attached hydrogens (primary N) is 1. The van der Waals surface area contributed by atoms with E-state index in [9.17, 15) is 9.18 Å². The number of aryl methyl sites for hydroxylation is 1. The fraction of sp³-hybridized carbons (Fsp3) is 0.438. The van der Waals surface area contributed by atoms with Crippen molar-refractivity contribution in [2.45, 2.75) is 38.8 Å². The quantitative estimate of drug-likeness (QED) is 0.932. The maximum Gasteiger partial charge on any atom is 0.241 e. The van der Waals surface area contributed by atoms with Gasteiger partial charge in [0.2, 0.25) is 17.6 Å². The molecule has 3 rings (SSSR count). The normalized spacial score (nSPS) is 19.0. The number of likely N-dealkylation sites (tertiary alicyclic amines) is 1. The largest absolute Gasteiger partial charge is 0.368 e. The highest BCUT2D eigenvalue weighted by molar-refractivity contribution is 5.79. The van der Waals surface area contributed by atoms with Gasteiger partial charge in [0, 0.05) is 5.56 Å². The van der Waals surface area contributed by atoms with Crippen molar-refractivity contribution in [3.05, 3.63) is 35.5 Å². The molecule has 0 spiro atoms. The summed E-state index contributed by atoms with van der Waals surface area (Å²) in [6.07, 6.45) is 2.75. The van der Waals surface area contributed by atoms with E-state index in [1.54, 1.807) is 19.1 Å². The first kappa shape index (κ1) is 15.6. The van der Waals surface area contributed by atoms with Gasteiger partial charge in [-0.3, -0.25) is 9.69 Å². The number of primary amides is 1. The van der Waals surface area contributed by atoms with Crippen molar-refractivity contribution >= 4 is 5.91 Å². The minimum atomic E-state index is -0.329. The molecule has 1 amide bonds. The van der Waals surface area contributed by atoms with E-state index >= 15 is 0 Å². The van der Waals surface area contributed by atoms with E-state index in [0.29, 0.717) is 29.4 Å². The van der Waals surface area contributed by atoms with Gasteiger partial charge >= 0.3 is 0 Å². The summed E-state index contributed by atoms with van der Waals surface area (Å²) in [4.78, 5) is 17.8. The van der Waals surface area contributed by atoms with Crippen LogP contribution < -0.4 is 5.73 Å². The molecule has 0 radical (unpaired) electrons. The van der Waals surface area contributed by atoms with Crippen molar-refractivity contribution in [2.75, 3.05) is 6.54 Å². The molecule has 23 heavy (non-hydrogen) atoms. The number of amides is 1. The van der Waals surface area contributed by atoms with Crippen molar-refractivity contribution in [3.63, 3.8) is 0 Å². The topological polar surface area (TPSA) is 85.3 Å². The van der Waals surface area contributed by atoms with E-state index in [0.717, 1.165) is 25.8 Å². The zero-order chi connectivity index (χ0) is 16.4. The van der Waals surface area contributed by atoms with Gasteiger partial charge in [0.25, 0.3) is 0 Å². The Kier molecular flexibility index (Phi) is 4.38. The molecular formula is C16H19FN4O2. The van der Waals surface area contributed by atoms with E-state index in [2.05, 4.69) is 10.1 Å². The molecule has 2 N–H and O–H groups in total. The lowest BCUT2D eigenvalue weighted by Crippen LogP contribution is -2.47. The first-order valence-corrected chi connectivity index (χ1v) is 7.67. The lowest BCUT2D eigenvalue weighted by atomic mass is 10.0. The lowest BCUT2D eigenvalue weighted by Gasteiger charge is -2.32. The molecule has 1 saturated heterocycles. The highest BCUT2D eigenvalue weighted by Gasteiger charge is 2.28. The molecule has 0 saturated carbocycles. The summed E-state index contributed by atoms with van der Waals surface area (Å²) in [5, 5.41) is 3.90.